The summed E-state index contributed by atoms with van der Waals surface area (Å²) in [5, 5.41) is 23.4. The Morgan fingerprint density at radius 1 is 1.19 bits per heavy atom. The van der Waals surface area contributed by atoms with Crippen molar-refractivity contribution >= 4 is 45.9 Å². The van der Waals surface area contributed by atoms with Crippen molar-refractivity contribution in [2.45, 2.75) is 6.10 Å². The molecule has 0 saturated carbocycles. The van der Waals surface area contributed by atoms with Gasteiger partial charge < -0.3 is 25.5 Å². The van der Waals surface area contributed by atoms with E-state index in [-0.39, 0.29) is 28.5 Å². The molecule has 1 atom stereocenters. The van der Waals surface area contributed by atoms with Crippen LogP contribution >= 0.6 is 23.2 Å². The predicted octanol–water partition coefficient (Wildman–Crippen LogP) is 4.07. The summed E-state index contributed by atoms with van der Waals surface area (Å²) >= 11 is 12.2. The number of aliphatic hydroxyl groups excluding tert-OH is 1. The number of carboxylic acid groups (broad SMARTS) is 1. The van der Waals surface area contributed by atoms with Crippen LogP contribution in [0, 0.1) is 0 Å². The van der Waals surface area contributed by atoms with Crippen molar-refractivity contribution < 1.29 is 15.0 Å². The van der Waals surface area contributed by atoms with E-state index >= 15 is 0 Å². The Balaban J connectivity index is 1.69. The van der Waals surface area contributed by atoms with Gasteiger partial charge in [0.2, 0.25) is 0 Å². The molecular weight excluding hydrogens is 443 g/mol. The Labute approximate surface area is 185 Å². The Kier molecular flexibility index (Phi) is 5.69. The SMILES string of the molecule is O=C(O)c1cc(Cl)c2nc(-c3c(NCC(O)c4cccc(Cl)c4)cc[nH]c3=O)[nH]c2c1. The van der Waals surface area contributed by atoms with Crippen LogP contribution in [0.5, 0.6) is 0 Å². The number of benzene rings is 2. The number of rotatable bonds is 6. The van der Waals surface area contributed by atoms with Gasteiger partial charge in [-0.25, -0.2) is 9.78 Å². The fourth-order valence-electron chi connectivity index (χ4n) is 3.22. The van der Waals surface area contributed by atoms with Gasteiger partial charge >= 0.3 is 5.97 Å². The van der Waals surface area contributed by atoms with E-state index in [4.69, 9.17) is 23.2 Å². The number of hydrogen-bond acceptors (Lipinski definition) is 5. The monoisotopic (exact) mass is 458 g/mol. The lowest BCUT2D eigenvalue weighted by Crippen LogP contribution is -2.17. The van der Waals surface area contributed by atoms with Crippen LogP contribution in [0.1, 0.15) is 22.0 Å². The Bertz CT molecular complexity index is 1350. The first-order valence-corrected chi connectivity index (χ1v) is 9.91. The van der Waals surface area contributed by atoms with Gasteiger partial charge in [-0.05, 0) is 35.9 Å². The molecule has 2 heterocycles. The number of H-pyrrole nitrogens is 2. The first kappa shape index (κ1) is 20.9. The van der Waals surface area contributed by atoms with Crippen LogP contribution in [0.3, 0.4) is 0 Å². The standard InChI is InChI=1S/C21H16Cl2N4O4/c22-12-3-1-2-10(6-12)16(28)9-25-14-4-5-24-20(29)17(14)19-26-15-8-11(21(30)31)7-13(23)18(15)27-19/h1-8,16,28H,9H2,(H,26,27)(H,30,31)(H2,24,25,29). The number of aliphatic hydroxyl groups is 1. The molecule has 4 aromatic rings. The van der Waals surface area contributed by atoms with E-state index in [2.05, 4.69) is 20.3 Å². The fraction of sp³-hybridized carbons (Fsp3) is 0.0952. The summed E-state index contributed by atoms with van der Waals surface area (Å²) in [4.78, 5) is 33.8. The van der Waals surface area contributed by atoms with Gasteiger partial charge in [0.25, 0.3) is 5.56 Å². The number of carbonyl (C=O) groups is 1. The van der Waals surface area contributed by atoms with Crippen LogP contribution in [-0.4, -0.2) is 37.7 Å². The number of nitrogens with zero attached hydrogens (tertiary/aromatic N) is 1. The third kappa shape index (κ3) is 4.27. The zero-order valence-corrected chi connectivity index (χ0v) is 17.3. The second kappa shape index (κ2) is 8.43. The molecule has 0 aliphatic rings. The first-order valence-electron chi connectivity index (χ1n) is 9.15. The average molecular weight is 459 g/mol. The molecule has 0 spiro atoms. The molecule has 4 rings (SSSR count). The van der Waals surface area contributed by atoms with Crippen LogP contribution in [0.2, 0.25) is 10.0 Å². The van der Waals surface area contributed by atoms with Crippen molar-refractivity contribution in [1.29, 1.82) is 0 Å². The topological polar surface area (TPSA) is 131 Å². The highest BCUT2D eigenvalue weighted by atomic mass is 35.5. The Hall–Kier alpha value is -3.33. The van der Waals surface area contributed by atoms with E-state index in [0.717, 1.165) is 0 Å². The van der Waals surface area contributed by atoms with E-state index in [1.807, 2.05) is 0 Å². The van der Waals surface area contributed by atoms with Crippen LogP contribution in [0.15, 0.2) is 53.5 Å². The number of hydrogen-bond donors (Lipinski definition) is 5. The lowest BCUT2D eigenvalue weighted by atomic mass is 10.1. The summed E-state index contributed by atoms with van der Waals surface area (Å²) in [5.41, 5.74) is 1.56. The highest BCUT2D eigenvalue weighted by Crippen LogP contribution is 2.29. The predicted molar refractivity (Wildman–Crippen MR) is 119 cm³/mol. The number of pyridine rings is 1. The van der Waals surface area contributed by atoms with Gasteiger partial charge in [-0.15, -0.1) is 0 Å². The summed E-state index contributed by atoms with van der Waals surface area (Å²) in [6.45, 7) is 0.112. The summed E-state index contributed by atoms with van der Waals surface area (Å²) in [6.07, 6.45) is 0.604. The number of halogens is 2. The zero-order chi connectivity index (χ0) is 22.1. The molecule has 2 aromatic carbocycles. The van der Waals surface area contributed by atoms with Crippen molar-refractivity contribution in [3.63, 3.8) is 0 Å². The molecule has 0 aliphatic heterocycles. The summed E-state index contributed by atoms with van der Waals surface area (Å²) < 4.78 is 0. The normalized spacial score (nSPS) is 12.1. The van der Waals surface area contributed by atoms with Crippen molar-refractivity contribution in [1.82, 2.24) is 15.0 Å². The Morgan fingerprint density at radius 2 is 2.00 bits per heavy atom. The quantitative estimate of drug-likeness (QED) is 0.296. The minimum atomic E-state index is -1.13. The maximum atomic E-state index is 12.6. The van der Waals surface area contributed by atoms with E-state index in [0.29, 0.717) is 27.3 Å². The third-order valence-corrected chi connectivity index (χ3v) is 5.23. The molecule has 0 amide bonds. The maximum Gasteiger partial charge on any atom is 0.335 e. The van der Waals surface area contributed by atoms with Crippen molar-refractivity contribution in [3.8, 4) is 11.4 Å². The van der Waals surface area contributed by atoms with Crippen molar-refractivity contribution in [3.05, 3.63) is 80.2 Å². The lowest BCUT2D eigenvalue weighted by Gasteiger charge is -2.15. The summed E-state index contributed by atoms with van der Waals surface area (Å²) in [7, 11) is 0. The molecule has 31 heavy (non-hydrogen) atoms. The number of nitrogens with one attached hydrogen (secondary N) is 3. The highest BCUT2D eigenvalue weighted by Gasteiger charge is 2.18. The van der Waals surface area contributed by atoms with Gasteiger partial charge in [0, 0.05) is 17.8 Å². The van der Waals surface area contributed by atoms with Gasteiger partial charge in [0.1, 0.15) is 16.9 Å². The van der Waals surface area contributed by atoms with Crippen LogP contribution < -0.4 is 10.9 Å². The fourth-order valence-corrected chi connectivity index (χ4v) is 3.68. The van der Waals surface area contributed by atoms with E-state index in [1.54, 1.807) is 30.3 Å². The lowest BCUT2D eigenvalue weighted by molar-refractivity contribution is 0.0697. The van der Waals surface area contributed by atoms with E-state index in [9.17, 15) is 19.8 Å². The summed E-state index contributed by atoms with van der Waals surface area (Å²) in [6, 6.07) is 11.2. The number of fused-ring (bicyclic) bond motifs is 1. The first-order chi connectivity index (χ1) is 14.8. The van der Waals surface area contributed by atoms with Crippen molar-refractivity contribution in [2.24, 2.45) is 0 Å². The minimum absolute atomic E-state index is 0.00216. The molecule has 8 nitrogen and oxygen atoms in total. The maximum absolute atomic E-state index is 12.6. The number of anilines is 1. The highest BCUT2D eigenvalue weighted by molar-refractivity contribution is 6.35. The van der Waals surface area contributed by atoms with E-state index in [1.165, 1.54) is 18.3 Å². The van der Waals surface area contributed by atoms with Gasteiger partial charge in [-0.3, -0.25) is 4.79 Å². The number of aromatic carboxylic acids is 1. The number of carboxylic acids is 1. The molecule has 10 heteroatoms. The zero-order valence-electron chi connectivity index (χ0n) is 15.8. The molecule has 1 unspecified atom stereocenters. The van der Waals surface area contributed by atoms with Crippen LogP contribution in [0.4, 0.5) is 5.69 Å². The van der Waals surface area contributed by atoms with E-state index < -0.39 is 17.6 Å². The van der Waals surface area contributed by atoms with Crippen LogP contribution in [0.25, 0.3) is 22.4 Å². The van der Waals surface area contributed by atoms with Crippen molar-refractivity contribution in [2.75, 3.05) is 11.9 Å². The second-order valence-electron chi connectivity index (χ2n) is 6.79. The van der Waals surface area contributed by atoms with Crippen LogP contribution in [-0.2, 0) is 0 Å². The molecule has 0 fully saturated rings. The third-order valence-electron chi connectivity index (χ3n) is 4.70. The number of aromatic amines is 2. The summed E-state index contributed by atoms with van der Waals surface area (Å²) in [5.74, 6) is -0.920. The molecule has 0 radical (unpaired) electrons. The van der Waals surface area contributed by atoms with Gasteiger partial charge in [-0.1, -0.05) is 35.3 Å². The molecular formula is C21H16Cl2N4O4. The molecule has 2 aromatic heterocycles. The largest absolute Gasteiger partial charge is 0.478 e. The minimum Gasteiger partial charge on any atom is -0.478 e. The average Bonchev–Trinajstić information content (AvgIpc) is 3.16. The number of aromatic nitrogens is 3. The van der Waals surface area contributed by atoms with Gasteiger partial charge in [-0.2, -0.15) is 0 Å². The second-order valence-corrected chi connectivity index (χ2v) is 7.64. The molecule has 158 valence electrons. The number of imidazole rings is 1. The Morgan fingerprint density at radius 3 is 2.74 bits per heavy atom. The molecule has 5 N–H and O–H groups in total. The van der Waals surface area contributed by atoms with Gasteiger partial charge in [0.05, 0.1) is 27.9 Å². The smallest absolute Gasteiger partial charge is 0.335 e. The molecule has 0 aliphatic carbocycles. The van der Waals surface area contributed by atoms with Gasteiger partial charge in [0.15, 0.2) is 0 Å². The molecule has 0 bridgehead atoms. The molecule has 0 saturated heterocycles.